The zero-order chi connectivity index (χ0) is 14.7. The summed E-state index contributed by atoms with van der Waals surface area (Å²) in [4.78, 5) is 16.6. The van der Waals surface area contributed by atoms with Gasteiger partial charge in [-0.05, 0) is 50.6 Å². The van der Waals surface area contributed by atoms with Crippen LogP contribution in [0.3, 0.4) is 0 Å². The van der Waals surface area contributed by atoms with Gasteiger partial charge in [0, 0.05) is 10.2 Å². The molecule has 0 saturated heterocycles. The van der Waals surface area contributed by atoms with Gasteiger partial charge in [0.1, 0.15) is 0 Å². The standard InChI is InChI=1S/C16H17BrN2O/c1-10-4-9-15(12(3)18-10)16(20)19-11(2)13-5-7-14(17)8-6-13/h4-9,11H,1-3H3,(H,19,20). The highest BCUT2D eigenvalue weighted by atomic mass is 79.9. The number of aromatic nitrogens is 1. The van der Waals surface area contributed by atoms with Crippen molar-refractivity contribution >= 4 is 21.8 Å². The molecule has 104 valence electrons. The van der Waals surface area contributed by atoms with Crippen LogP contribution in [0, 0.1) is 13.8 Å². The van der Waals surface area contributed by atoms with Crippen molar-refractivity contribution in [2.75, 3.05) is 0 Å². The van der Waals surface area contributed by atoms with E-state index in [1.54, 1.807) is 0 Å². The van der Waals surface area contributed by atoms with Crippen molar-refractivity contribution in [1.29, 1.82) is 0 Å². The lowest BCUT2D eigenvalue weighted by Crippen LogP contribution is -2.27. The van der Waals surface area contributed by atoms with Crippen LogP contribution in [0.1, 0.15) is 40.3 Å². The Kier molecular flexibility index (Phi) is 4.55. The zero-order valence-corrected chi connectivity index (χ0v) is 13.4. The molecule has 0 spiro atoms. The number of pyridine rings is 1. The molecule has 0 radical (unpaired) electrons. The fourth-order valence-corrected chi connectivity index (χ4v) is 2.30. The number of hydrogen-bond donors (Lipinski definition) is 1. The summed E-state index contributed by atoms with van der Waals surface area (Å²) in [7, 11) is 0. The molecule has 1 atom stereocenters. The van der Waals surface area contributed by atoms with Gasteiger partial charge in [-0.15, -0.1) is 0 Å². The van der Waals surface area contributed by atoms with Gasteiger partial charge < -0.3 is 5.32 Å². The molecule has 20 heavy (non-hydrogen) atoms. The van der Waals surface area contributed by atoms with Gasteiger partial charge in [0.05, 0.1) is 17.3 Å². The summed E-state index contributed by atoms with van der Waals surface area (Å²) in [5.41, 5.74) is 3.37. The predicted molar refractivity (Wildman–Crippen MR) is 83.7 cm³/mol. The second-order valence-electron chi connectivity index (χ2n) is 4.83. The molecule has 1 amide bonds. The van der Waals surface area contributed by atoms with E-state index in [0.29, 0.717) is 5.56 Å². The van der Waals surface area contributed by atoms with Gasteiger partial charge >= 0.3 is 0 Å². The monoisotopic (exact) mass is 332 g/mol. The summed E-state index contributed by atoms with van der Waals surface area (Å²) in [5, 5.41) is 3.00. The topological polar surface area (TPSA) is 42.0 Å². The maximum Gasteiger partial charge on any atom is 0.253 e. The van der Waals surface area contributed by atoms with Crippen LogP contribution < -0.4 is 5.32 Å². The SMILES string of the molecule is Cc1ccc(C(=O)NC(C)c2ccc(Br)cc2)c(C)n1. The highest BCUT2D eigenvalue weighted by Gasteiger charge is 2.14. The van der Waals surface area contributed by atoms with E-state index in [1.165, 1.54) is 0 Å². The molecule has 1 heterocycles. The van der Waals surface area contributed by atoms with E-state index in [4.69, 9.17) is 0 Å². The number of nitrogens with one attached hydrogen (secondary N) is 1. The fourth-order valence-electron chi connectivity index (χ4n) is 2.04. The van der Waals surface area contributed by atoms with E-state index >= 15 is 0 Å². The lowest BCUT2D eigenvalue weighted by Gasteiger charge is -2.15. The molecule has 2 aromatic rings. The van der Waals surface area contributed by atoms with Crippen LogP contribution in [-0.4, -0.2) is 10.9 Å². The lowest BCUT2D eigenvalue weighted by molar-refractivity contribution is 0.0939. The molecule has 1 N–H and O–H groups in total. The number of rotatable bonds is 3. The molecule has 0 aliphatic heterocycles. The van der Waals surface area contributed by atoms with Crippen LogP contribution in [0.4, 0.5) is 0 Å². The van der Waals surface area contributed by atoms with Gasteiger partial charge in [-0.3, -0.25) is 9.78 Å². The summed E-state index contributed by atoms with van der Waals surface area (Å²) in [5.74, 6) is -0.0922. The Balaban J connectivity index is 2.13. The summed E-state index contributed by atoms with van der Waals surface area (Å²) in [6, 6.07) is 11.6. The Morgan fingerprint density at radius 1 is 1.15 bits per heavy atom. The number of carbonyl (C=O) groups is 1. The van der Waals surface area contributed by atoms with E-state index in [2.05, 4.69) is 26.2 Å². The molecular weight excluding hydrogens is 316 g/mol. The second kappa shape index (κ2) is 6.18. The molecule has 0 saturated carbocycles. The maximum atomic E-state index is 12.3. The number of nitrogens with zero attached hydrogens (tertiary/aromatic N) is 1. The van der Waals surface area contributed by atoms with Crippen LogP contribution in [-0.2, 0) is 0 Å². The first-order valence-electron chi connectivity index (χ1n) is 6.48. The van der Waals surface area contributed by atoms with E-state index in [9.17, 15) is 4.79 Å². The van der Waals surface area contributed by atoms with E-state index < -0.39 is 0 Å². The Bertz CT molecular complexity index is 623. The van der Waals surface area contributed by atoms with Gasteiger partial charge in [-0.1, -0.05) is 28.1 Å². The summed E-state index contributed by atoms with van der Waals surface area (Å²) in [6.45, 7) is 5.74. The van der Waals surface area contributed by atoms with Crippen molar-refractivity contribution in [1.82, 2.24) is 10.3 Å². The largest absolute Gasteiger partial charge is 0.345 e. The van der Waals surface area contributed by atoms with E-state index in [1.807, 2.05) is 57.2 Å². The van der Waals surface area contributed by atoms with Crippen molar-refractivity contribution in [3.8, 4) is 0 Å². The quantitative estimate of drug-likeness (QED) is 0.924. The highest BCUT2D eigenvalue weighted by Crippen LogP contribution is 2.17. The number of hydrogen-bond acceptors (Lipinski definition) is 2. The van der Waals surface area contributed by atoms with Crippen molar-refractivity contribution < 1.29 is 4.79 Å². The first-order valence-corrected chi connectivity index (χ1v) is 7.27. The molecule has 0 aliphatic rings. The average molecular weight is 333 g/mol. The minimum Gasteiger partial charge on any atom is -0.345 e. The number of carbonyl (C=O) groups excluding carboxylic acids is 1. The third-order valence-corrected chi connectivity index (χ3v) is 3.72. The molecule has 3 nitrogen and oxygen atoms in total. The molecule has 4 heteroatoms. The van der Waals surface area contributed by atoms with Gasteiger partial charge in [0.15, 0.2) is 0 Å². The second-order valence-corrected chi connectivity index (χ2v) is 5.75. The van der Waals surface area contributed by atoms with Gasteiger partial charge in [-0.2, -0.15) is 0 Å². The van der Waals surface area contributed by atoms with Crippen molar-refractivity contribution in [2.24, 2.45) is 0 Å². The number of benzene rings is 1. The van der Waals surface area contributed by atoms with Gasteiger partial charge in [0.25, 0.3) is 5.91 Å². The molecule has 0 fully saturated rings. The van der Waals surface area contributed by atoms with Crippen LogP contribution >= 0.6 is 15.9 Å². The fraction of sp³-hybridized carbons (Fsp3) is 0.250. The smallest absolute Gasteiger partial charge is 0.253 e. The van der Waals surface area contributed by atoms with Crippen LogP contribution in [0.15, 0.2) is 40.9 Å². The Hall–Kier alpha value is -1.68. The Morgan fingerprint density at radius 3 is 2.40 bits per heavy atom. The maximum absolute atomic E-state index is 12.3. The highest BCUT2D eigenvalue weighted by molar-refractivity contribution is 9.10. The normalized spacial score (nSPS) is 12.0. The van der Waals surface area contributed by atoms with Crippen LogP contribution in [0.2, 0.25) is 0 Å². The third kappa shape index (κ3) is 3.45. The summed E-state index contributed by atoms with van der Waals surface area (Å²) >= 11 is 3.40. The predicted octanol–water partition coefficient (Wildman–Crippen LogP) is 3.95. The summed E-state index contributed by atoms with van der Waals surface area (Å²) in [6.07, 6.45) is 0. The molecule has 1 aromatic heterocycles. The summed E-state index contributed by atoms with van der Waals surface area (Å²) < 4.78 is 1.03. The number of aryl methyl sites for hydroxylation is 2. The lowest BCUT2D eigenvalue weighted by atomic mass is 10.1. The van der Waals surface area contributed by atoms with Crippen molar-refractivity contribution in [2.45, 2.75) is 26.8 Å². The zero-order valence-electron chi connectivity index (χ0n) is 11.8. The van der Waals surface area contributed by atoms with Crippen molar-refractivity contribution in [3.05, 3.63) is 63.4 Å². The first-order chi connectivity index (χ1) is 9.47. The van der Waals surface area contributed by atoms with Crippen LogP contribution in [0.5, 0.6) is 0 Å². The molecule has 1 aromatic carbocycles. The molecule has 0 aliphatic carbocycles. The molecule has 0 bridgehead atoms. The average Bonchev–Trinajstić information content (AvgIpc) is 2.39. The minimum absolute atomic E-state index is 0.0451. The molecule has 1 unspecified atom stereocenters. The van der Waals surface area contributed by atoms with Gasteiger partial charge in [-0.25, -0.2) is 0 Å². The van der Waals surface area contributed by atoms with Crippen molar-refractivity contribution in [3.63, 3.8) is 0 Å². The molecule has 2 rings (SSSR count). The van der Waals surface area contributed by atoms with Gasteiger partial charge in [0.2, 0.25) is 0 Å². The number of halogens is 1. The Morgan fingerprint density at radius 2 is 1.80 bits per heavy atom. The van der Waals surface area contributed by atoms with Crippen LogP contribution in [0.25, 0.3) is 0 Å². The van der Waals surface area contributed by atoms with E-state index in [0.717, 1.165) is 21.4 Å². The Labute approximate surface area is 127 Å². The van der Waals surface area contributed by atoms with E-state index in [-0.39, 0.29) is 11.9 Å². The minimum atomic E-state index is -0.0922. The number of amides is 1. The molecular formula is C16H17BrN2O. The first kappa shape index (κ1) is 14.7. The third-order valence-electron chi connectivity index (χ3n) is 3.19.